The molecule has 0 saturated heterocycles. The number of hydrogen-bond acceptors (Lipinski definition) is 3. The summed E-state index contributed by atoms with van der Waals surface area (Å²) in [6.45, 7) is 0.481. The maximum atomic E-state index is 11.0. The molecule has 18 heavy (non-hydrogen) atoms. The quantitative estimate of drug-likeness (QED) is 0.646. The van der Waals surface area contributed by atoms with Crippen molar-refractivity contribution in [3.8, 4) is 0 Å². The van der Waals surface area contributed by atoms with Crippen molar-refractivity contribution in [2.24, 2.45) is 0 Å². The molecule has 1 heterocycles. The van der Waals surface area contributed by atoms with Gasteiger partial charge in [0.15, 0.2) is 5.43 Å². The molecule has 0 saturated carbocycles. The van der Waals surface area contributed by atoms with E-state index in [1.54, 1.807) is 29.1 Å². The molecule has 0 N–H and O–H groups in total. The molecule has 1 aromatic carbocycles. The summed E-state index contributed by atoms with van der Waals surface area (Å²) in [6, 6.07) is 7.87. The predicted octanol–water partition coefficient (Wildman–Crippen LogP) is 2.57. The Morgan fingerprint density at radius 2 is 1.89 bits per heavy atom. The molecule has 1 aromatic heterocycles. The number of aromatic nitrogens is 1. The van der Waals surface area contributed by atoms with Crippen molar-refractivity contribution in [2.75, 3.05) is 0 Å². The Morgan fingerprint density at radius 3 is 2.50 bits per heavy atom. The Hall–Kier alpha value is -1.95. The molecule has 0 unspecified atom stereocenters. The highest BCUT2D eigenvalue weighted by Crippen LogP contribution is 2.25. The van der Waals surface area contributed by atoms with E-state index in [-0.39, 0.29) is 11.1 Å². The van der Waals surface area contributed by atoms with Gasteiger partial charge in [-0.2, -0.15) is 0 Å². The zero-order valence-corrected chi connectivity index (χ0v) is 10.8. The highest BCUT2D eigenvalue weighted by molar-refractivity contribution is 9.10. The van der Waals surface area contributed by atoms with Crippen molar-refractivity contribution in [1.82, 2.24) is 4.57 Å². The van der Waals surface area contributed by atoms with E-state index >= 15 is 0 Å². The van der Waals surface area contributed by atoms with Gasteiger partial charge in [-0.3, -0.25) is 14.9 Å². The average Bonchev–Trinajstić information content (AvgIpc) is 2.34. The number of rotatable bonds is 3. The Morgan fingerprint density at radius 1 is 1.22 bits per heavy atom. The van der Waals surface area contributed by atoms with Crippen molar-refractivity contribution in [3.63, 3.8) is 0 Å². The average molecular weight is 309 g/mol. The molecule has 0 fully saturated rings. The van der Waals surface area contributed by atoms with E-state index in [4.69, 9.17) is 0 Å². The van der Waals surface area contributed by atoms with Gasteiger partial charge in [0.1, 0.15) is 0 Å². The van der Waals surface area contributed by atoms with Crippen LogP contribution in [0.25, 0.3) is 0 Å². The van der Waals surface area contributed by atoms with Crippen LogP contribution in [-0.4, -0.2) is 9.49 Å². The highest BCUT2D eigenvalue weighted by Gasteiger charge is 2.12. The normalized spacial score (nSPS) is 10.3. The topological polar surface area (TPSA) is 65.1 Å². The predicted molar refractivity (Wildman–Crippen MR) is 70.6 cm³/mol. The minimum absolute atomic E-state index is 0.0357. The molecule has 0 aliphatic heterocycles. The summed E-state index contributed by atoms with van der Waals surface area (Å²) in [7, 11) is 0. The third kappa shape index (κ3) is 2.84. The molecule has 6 heteroatoms. The van der Waals surface area contributed by atoms with E-state index in [2.05, 4.69) is 15.9 Å². The van der Waals surface area contributed by atoms with E-state index < -0.39 is 4.92 Å². The van der Waals surface area contributed by atoms with Gasteiger partial charge in [-0.15, -0.1) is 0 Å². The number of nitro benzene ring substituents is 1. The molecule has 92 valence electrons. The Labute approximate surface area is 111 Å². The van der Waals surface area contributed by atoms with Crippen molar-refractivity contribution in [1.29, 1.82) is 0 Å². The largest absolute Gasteiger partial charge is 0.350 e. The summed E-state index contributed by atoms with van der Waals surface area (Å²) in [5, 5.41) is 10.8. The smallest absolute Gasteiger partial charge is 0.283 e. The van der Waals surface area contributed by atoms with Gasteiger partial charge < -0.3 is 4.57 Å². The summed E-state index contributed by atoms with van der Waals surface area (Å²) >= 11 is 3.14. The van der Waals surface area contributed by atoms with Crippen LogP contribution in [0.15, 0.2) is 52.0 Å². The molecule has 0 radical (unpaired) electrons. The molecule has 2 rings (SSSR count). The van der Waals surface area contributed by atoms with Crippen LogP contribution >= 0.6 is 15.9 Å². The fraction of sp³-hybridized carbons (Fsp3) is 0.0833. The number of hydrogen-bond donors (Lipinski definition) is 0. The maximum Gasteiger partial charge on any atom is 0.283 e. The summed E-state index contributed by atoms with van der Waals surface area (Å²) in [4.78, 5) is 21.3. The standard InChI is InChI=1S/C12H9BrN2O3/c13-11-2-1-9(7-12(11)15(17)18)8-14-5-3-10(16)4-6-14/h1-7H,8H2. The van der Waals surface area contributed by atoms with Crippen molar-refractivity contribution < 1.29 is 4.92 Å². The van der Waals surface area contributed by atoms with E-state index in [1.165, 1.54) is 18.2 Å². The second kappa shape index (κ2) is 5.14. The zero-order valence-electron chi connectivity index (χ0n) is 9.25. The number of pyridine rings is 1. The molecule has 0 amide bonds. The number of nitro groups is 1. The maximum absolute atomic E-state index is 11.0. The third-order valence-electron chi connectivity index (χ3n) is 2.43. The molecule has 5 nitrogen and oxygen atoms in total. The van der Waals surface area contributed by atoms with Crippen LogP contribution in [0.1, 0.15) is 5.56 Å². The summed E-state index contributed by atoms with van der Waals surface area (Å²) in [5.74, 6) is 0. The van der Waals surface area contributed by atoms with Crippen LogP contribution in [-0.2, 0) is 6.54 Å². The Kier molecular flexibility index (Phi) is 3.57. The highest BCUT2D eigenvalue weighted by atomic mass is 79.9. The first-order chi connectivity index (χ1) is 8.56. The second-order valence-electron chi connectivity index (χ2n) is 3.75. The second-order valence-corrected chi connectivity index (χ2v) is 4.60. The molecule has 0 aliphatic rings. The minimum atomic E-state index is -0.432. The number of nitrogens with zero attached hydrogens (tertiary/aromatic N) is 2. The van der Waals surface area contributed by atoms with Crippen LogP contribution in [0, 0.1) is 10.1 Å². The van der Waals surface area contributed by atoms with Gasteiger partial charge in [0, 0.05) is 37.1 Å². The molecule has 0 spiro atoms. The van der Waals surface area contributed by atoms with E-state index in [0.717, 1.165) is 5.56 Å². The lowest BCUT2D eigenvalue weighted by atomic mass is 10.2. The molecule has 0 atom stereocenters. The molecule has 0 aliphatic carbocycles. The van der Waals surface area contributed by atoms with E-state index in [1.807, 2.05) is 0 Å². The van der Waals surface area contributed by atoms with Crippen LogP contribution in [0.2, 0.25) is 0 Å². The lowest BCUT2D eigenvalue weighted by Crippen LogP contribution is -2.05. The van der Waals surface area contributed by atoms with Gasteiger partial charge in [0.25, 0.3) is 5.69 Å². The molecular weight excluding hydrogens is 300 g/mol. The first-order valence-electron chi connectivity index (χ1n) is 5.15. The van der Waals surface area contributed by atoms with Gasteiger partial charge in [-0.1, -0.05) is 6.07 Å². The van der Waals surface area contributed by atoms with Crippen LogP contribution in [0.4, 0.5) is 5.69 Å². The van der Waals surface area contributed by atoms with E-state index in [0.29, 0.717) is 11.0 Å². The fourth-order valence-corrected chi connectivity index (χ4v) is 1.95. The van der Waals surface area contributed by atoms with Gasteiger partial charge in [0.2, 0.25) is 0 Å². The number of benzene rings is 1. The number of halogens is 1. The van der Waals surface area contributed by atoms with Crippen molar-refractivity contribution in [3.05, 3.63) is 73.1 Å². The molecule has 0 bridgehead atoms. The zero-order chi connectivity index (χ0) is 13.1. The van der Waals surface area contributed by atoms with E-state index in [9.17, 15) is 14.9 Å². The lowest BCUT2D eigenvalue weighted by molar-refractivity contribution is -0.385. The van der Waals surface area contributed by atoms with Gasteiger partial charge in [-0.05, 0) is 27.6 Å². The lowest BCUT2D eigenvalue weighted by Gasteiger charge is -2.06. The SMILES string of the molecule is O=c1ccn(Cc2ccc(Br)c([N+](=O)[O-])c2)cc1. The van der Waals surface area contributed by atoms with Gasteiger partial charge in [0.05, 0.1) is 9.40 Å². The fourth-order valence-electron chi connectivity index (χ4n) is 1.56. The third-order valence-corrected chi connectivity index (χ3v) is 3.10. The summed E-state index contributed by atoms with van der Waals surface area (Å²) in [5.41, 5.74) is 0.773. The van der Waals surface area contributed by atoms with Crippen LogP contribution in [0.3, 0.4) is 0 Å². The molecule has 2 aromatic rings. The Bertz CT molecular complexity index is 632. The summed E-state index contributed by atoms with van der Waals surface area (Å²) < 4.78 is 2.24. The molecular formula is C12H9BrN2O3. The van der Waals surface area contributed by atoms with Crippen molar-refractivity contribution in [2.45, 2.75) is 6.54 Å². The van der Waals surface area contributed by atoms with Crippen LogP contribution < -0.4 is 5.43 Å². The van der Waals surface area contributed by atoms with Crippen molar-refractivity contribution >= 4 is 21.6 Å². The van der Waals surface area contributed by atoms with Gasteiger partial charge in [-0.25, -0.2) is 0 Å². The Balaban J connectivity index is 2.29. The minimum Gasteiger partial charge on any atom is -0.350 e. The first-order valence-corrected chi connectivity index (χ1v) is 5.94. The van der Waals surface area contributed by atoms with Crippen LogP contribution in [0.5, 0.6) is 0 Å². The van der Waals surface area contributed by atoms with Gasteiger partial charge >= 0.3 is 0 Å². The summed E-state index contributed by atoms with van der Waals surface area (Å²) in [6.07, 6.45) is 3.30. The first kappa shape index (κ1) is 12.5. The monoisotopic (exact) mass is 308 g/mol.